The van der Waals surface area contributed by atoms with Crippen molar-refractivity contribution in [3.05, 3.63) is 27.8 Å². The molecule has 0 aliphatic rings. The van der Waals surface area contributed by atoms with Crippen LogP contribution in [-0.2, 0) is 4.79 Å². The summed E-state index contributed by atoms with van der Waals surface area (Å²) in [4.78, 5) is 21.7. The Morgan fingerprint density at radius 3 is 2.75 bits per heavy atom. The lowest BCUT2D eigenvalue weighted by molar-refractivity contribution is -0.139. The van der Waals surface area contributed by atoms with Gasteiger partial charge in [-0.1, -0.05) is 0 Å². The maximum Gasteiger partial charge on any atom is 0.342 e. The fourth-order valence-corrected chi connectivity index (χ4v) is 1.19. The lowest BCUT2D eigenvalue weighted by atomic mass is 10.1. The van der Waals surface area contributed by atoms with Gasteiger partial charge in [0.25, 0.3) is 0 Å². The minimum Gasteiger partial charge on any atom is -0.496 e. The second kappa shape index (κ2) is 4.80. The predicted molar refractivity (Wildman–Crippen MR) is 53.5 cm³/mol. The fraction of sp³-hybridized carbons (Fsp3) is 0.400. The highest BCUT2D eigenvalue weighted by Crippen LogP contribution is 2.22. The van der Waals surface area contributed by atoms with Gasteiger partial charge in [-0.2, -0.15) is 0 Å². The molecule has 0 fully saturated rings. The summed E-state index contributed by atoms with van der Waals surface area (Å²) in [5.74, 6) is -1.04. The summed E-state index contributed by atoms with van der Waals surface area (Å²) >= 11 is 0. The minimum atomic E-state index is -1.36. The zero-order chi connectivity index (χ0) is 12.3. The number of hydrogen-bond acceptors (Lipinski definition) is 5. The standard InChI is InChI=1S/C10H12O6/c1-5-7(15-2)4-8(16-10(5)14)6(11)3-9(12)13/h4,6,11H,3H2,1-2H3,(H,12,13). The molecule has 0 amide bonds. The van der Waals surface area contributed by atoms with Crippen molar-refractivity contribution in [1.82, 2.24) is 0 Å². The summed E-state index contributed by atoms with van der Waals surface area (Å²) in [6.07, 6.45) is -1.89. The summed E-state index contributed by atoms with van der Waals surface area (Å²) in [6, 6.07) is 1.31. The molecule has 0 radical (unpaired) electrons. The molecule has 1 aromatic rings. The molecule has 6 heteroatoms. The van der Waals surface area contributed by atoms with E-state index >= 15 is 0 Å². The van der Waals surface area contributed by atoms with Crippen molar-refractivity contribution in [3.8, 4) is 5.75 Å². The molecule has 0 saturated carbocycles. The number of aliphatic hydroxyl groups excluding tert-OH is 1. The molecule has 6 nitrogen and oxygen atoms in total. The molecule has 0 bridgehead atoms. The smallest absolute Gasteiger partial charge is 0.342 e. The number of methoxy groups -OCH3 is 1. The van der Waals surface area contributed by atoms with Gasteiger partial charge in [-0.25, -0.2) is 4.79 Å². The van der Waals surface area contributed by atoms with E-state index in [-0.39, 0.29) is 17.1 Å². The maximum absolute atomic E-state index is 11.3. The van der Waals surface area contributed by atoms with Crippen LogP contribution in [0.4, 0.5) is 0 Å². The summed E-state index contributed by atoms with van der Waals surface area (Å²) in [7, 11) is 1.37. The molecule has 0 aromatic carbocycles. The third-order valence-electron chi connectivity index (χ3n) is 2.08. The highest BCUT2D eigenvalue weighted by Gasteiger charge is 2.18. The Morgan fingerprint density at radius 1 is 1.62 bits per heavy atom. The lowest BCUT2D eigenvalue weighted by Gasteiger charge is -2.09. The predicted octanol–water partition coefficient (Wildman–Crippen LogP) is 0.465. The number of rotatable bonds is 4. The van der Waals surface area contributed by atoms with Crippen molar-refractivity contribution < 1.29 is 24.2 Å². The van der Waals surface area contributed by atoms with E-state index in [0.717, 1.165) is 0 Å². The number of carboxylic acids is 1. The summed E-state index contributed by atoms with van der Waals surface area (Å²) in [5, 5.41) is 17.9. The van der Waals surface area contributed by atoms with E-state index in [1.54, 1.807) is 0 Å². The Labute approximate surface area is 91.1 Å². The van der Waals surface area contributed by atoms with E-state index in [0.29, 0.717) is 0 Å². The molecule has 2 N–H and O–H groups in total. The topological polar surface area (TPSA) is 97.0 Å². The molecule has 1 aromatic heterocycles. The zero-order valence-electron chi connectivity index (χ0n) is 8.89. The molecule has 1 atom stereocenters. The zero-order valence-corrected chi connectivity index (χ0v) is 8.89. The van der Waals surface area contributed by atoms with Gasteiger partial charge >= 0.3 is 11.6 Å². The van der Waals surface area contributed by atoms with E-state index < -0.39 is 24.1 Å². The van der Waals surface area contributed by atoms with Gasteiger partial charge in [0.1, 0.15) is 17.6 Å². The third kappa shape index (κ3) is 2.60. The fourth-order valence-electron chi connectivity index (χ4n) is 1.19. The van der Waals surface area contributed by atoms with Gasteiger partial charge in [0.05, 0.1) is 19.1 Å². The average Bonchev–Trinajstić information content (AvgIpc) is 2.20. The van der Waals surface area contributed by atoms with Gasteiger partial charge in [0, 0.05) is 6.07 Å². The minimum absolute atomic E-state index is 0.116. The van der Waals surface area contributed by atoms with Crippen molar-refractivity contribution >= 4 is 5.97 Å². The SMILES string of the molecule is COc1cc(C(O)CC(=O)O)oc(=O)c1C. The van der Waals surface area contributed by atoms with Gasteiger partial charge in [-0.15, -0.1) is 0 Å². The van der Waals surface area contributed by atoms with Crippen LogP contribution in [0.1, 0.15) is 23.8 Å². The van der Waals surface area contributed by atoms with Crippen molar-refractivity contribution in [2.45, 2.75) is 19.4 Å². The normalized spacial score (nSPS) is 12.2. The molecular formula is C10H12O6. The Kier molecular flexibility index (Phi) is 3.68. The molecule has 1 heterocycles. The molecule has 88 valence electrons. The number of carboxylic acid groups (broad SMARTS) is 1. The van der Waals surface area contributed by atoms with Crippen LogP contribution < -0.4 is 10.4 Å². The highest BCUT2D eigenvalue weighted by molar-refractivity contribution is 5.67. The molecule has 1 unspecified atom stereocenters. The van der Waals surface area contributed by atoms with Gasteiger partial charge in [-0.05, 0) is 6.92 Å². The number of hydrogen-bond donors (Lipinski definition) is 2. The number of ether oxygens (including phenoxy) is 1. The average molecular weight is 228 g/mol. The lowest BCUT2D eigenvalue weighted by Crippen LogP contribution is -2.12. The number of aliphatic carboxylic acids is 1. The van der Waals surface area contributed by atoms with E-state index in [1.807, 2.05) is 0 Å². The first-order valence-electron chi connectivity index (χ1n) is 4.54. The molecule has 1 rings (SSSR count). The summed E-state index contributed by atoms with van der Waals surface area (Å²) in [5.41, 5.74) is -0.382. The Hall–Kier alpha value is -1.82. The second-order valence-electron chi connectivity index (χ2n) is 3.24. The first-order valence-corrected chi connectivity index (χ1v) is 4.54. The Morgan fingerprint density at radius 2 is 2.25 bits per heavy atom. The van der Waals surface area contributed by atoms with Crippen LogP contribution in [0.5, 0.6) is 5.75 Å². The second-order valence-corrected chi connectivity index (χ2v) is 3.24. The highest BCUT2D eigenvalue weighted by atomic mass is 16.5. The van der Waals surface area contributed by atoms with Crippen LogP contribution in [0, 0.1) is 6.92 Å². The summed E-state index contributed by atoms with van der Waals surface area (Å²) < 4.78 is 9.67. The molecule has 0 spiro atoms. The van der Waals surface area contributed by atoms with Gasteiger partial charge in [-0.3, -0.25) is 4.79 Å². The summed E-state index contributed by atoms with van der Waals surface area (Å²) in [6.45, 7) is 1.51. The molecule has 0 saturated heterocycles. The monoisotopic (exact) mass is 228 g/mol. The maximum atomic E-state index is 11.3. The van der Waals surface area contributed by atoms with Crippen LogP contribution in [0.2, 0.25) is 0 Å². The molecule has 0 aliphatic heterocycles. The van der Waals surface area contributed by atoms with Gasteiger partial charge < -0.3 is 19.4 Å². The van der Waals surface area contributed by atoms with Crippen LogP contribution in [0.25, 0.3) is 0 Å². The van der Waals surface area contributed by atoms with Gasteiger partial charge in [0.15, 0.2) is 0 Å². The van der Waals surface area contributed by atoms with E-state index in [1.165, 1.54) is 20.1 Å². The van der Waals surface area contributed by atoms with Crippen LogP contribution in [0.15, 0.2) is 15.3 Å². The van der Waals surface area contributed by atoms with Gasteiger partial charge in [0.2, 0.25) is 0 Å². The number of aliphatic hydroxyl groups is 1. The number of carbonyl (C=O) groups is 1. The quantitative estimate of drug-likeness (QED) is 0.777. The van der Waals surface area contributed by atoms with Crippen LogP contribution in [-0.4, -0.2) is 23.3 Å². The molecule has 16 heavy (non-hydrogen) atoms. The largest absolute Gasteiger partial charge is 0.496 e. The van der Waals surface area contributed by atoms with Crippen LogP contribution >= 0.6 is 0 Å². The third-order valence-corrected chi connectivity index (χ3v) is 2.08. The molecular weight excluding hydrogens is 216 g/mol. The van der Waals surface area contributed by atoms with E-state index in [2.05, 4.69) is 0 Å². The van der Waals surface area contributed by atoms with Crippen molar-refractivity contribution in [2.75, 3.05) is 7.11 Å². The first kappa shape index (κ1) is 12.3. The van der Waals surface area contributed by atoms with Crippen molar-refractivity contribution in [1.29, 1.82) is 0 Å². The Balaban J connectivity index is 3.11. The van der Waals surface area contributed by atoms with Crippen molar-refractivity contribution in [2.24, 2.45) is 0 Å². The van der Waals surface area contributed by atoms with E-state index in [4.69, 9.17) is 14.3 Å². The Bertz CT molecular complexity index is 447. The van der Waals surface area contributed by atoms with Crippen molar-refractivity contribution in [3.63, 3.8) is 0 Å². The molecule has 0 aliphatic carbocycles. The van der Waals surface area contributed by atoms with Crippen LogP contribution in [0.3, 0.4) is 0 Å². The van der Waals surface area contributed by atoms with E-state index in [9.17, 15) is 14.7 Å². The first-order chi connectivity index (χ1) is 7.45.